The van der Waals surface area contributed by atoms with Gasteiger partial charge < -0.3 is 14.3 Å². The fourth-order valence-electron chi connectivity index (χ4n) is 2.60. The van der Waals surface area contributed by atoms with Crippen molar-refractivity contribution in [2.45, 2.75) is 17.8 Å². The van der Waals surface area contributed by atoms with Crippen LogP contribution < -0.4 is 5.32 Å². The second kappa shape index (κ2) is 7.87. The van der Waals surface area contributed by atoms with Crippen LogP contribution in [0.4, 0.5) is 10.1 Å². The molecule has 1 amide bonds. The first-order valence-electron chi connectivity index (χ1n) is 8.56. The number of rotatable bonds is 6. The van der Waals surface area contributed by atoms with E-state index >= 15 is 0 Å². The third kappa shape index (κ3) is 4.04. The lowest BCUT2D eigenvalue weighted by Crippen LogP contribution is -2.13. The van der Waals surface area contributed by atoms with Crippen molar-refractivity contribution in [1.29, 1.82) is 0 Å². The van der Waals surface area contributed by atoms with Crippen LogP contribution in [0.25, 0.3) is 5.69 Å². The fraction of sp³-hybridized carbons (Fsp3) is 0.167. The zero-order valence-corrected chi connectivity index (χ0v) is 16.4. The largest absolute Gasteiger partial charge is 0.455 e. The van der Waals surface area contributed by atoms with Crippen LogP contribution in [0.2, 0.25) is 0 Å². The van der Waals surface area contributed by atoms with Gasteiger partial charge in [0.1, 0.15) is 11.6 Å². The Kier molecular flexibility index (Phi) is 5.12. The molecule has 1 aromatic carbocycles. The molecular weight excluding hydrogens is 397 g/mol. The highest BCUT2D eigenvalue weighted by Crippen LogP contribution is 2.23. The van der Waals surface area contributed by atoms with Gasteiger partial charge in [0.25, 0.3) is 5.91 Å². The minimum Gasteiger partial charge on any atom is -0.455 e. The van der Waals surface area contributed by atoms with Gasteiger partial charge in [0, 0.05) is 19.4 Å². The Bertz CT molecular complexity index is 1170. The number of aromatic nitrogens is 6. The summed E-state index contributed by atoms with van der Waals surface area (Å²) in [6, 6.07) is 7.48. The molecule has 4 rings (SSSR count). The lowest BCUT2D eigenvalue weighted by molar-refractivity contribution is 0.0995. The Morgan fingerprint density at radius 1 is 1.31 bits per heavy atom. The highest BCUT2D eigenvalue weighted by atomic mass is 32.2. The Morgan fingerprint density at radius 3 is 2.90 bits per heavy atom. The number of thioether (sulfide) groups is 1. The number of amides is 1. The maximum absolute atomic E-state index is 14.2. The maximum atomic E-state index is 14.2. The molecule has 0 bridgehead atoms. The van der Waals surface area contributed by atoms with Crippen molar-refractivity contribution < 1.29 is 13.6 Å². The zero-order valence-electron chi connectivity index (χ0n) is 15.5. The molecule has 3 heterocycles. The second-order valence-electron chi connectivity index (χ2n) is 6.13. The summed E-state index contributed by atoms with van der Waals surface area (Å²) in [5.41, 5.74) is 0.526. The van der Waals surface area contributed by atoms with Gasteiger partial charge >= 0.3 is 0 Å². The van der Waals surface area contributed by atoms with Gasteiger partial charge in [-0.15, -0.1) is 5.10 Å². The molecule has 0 aliphatic carbocycles. The Hall–Kier alpha value is -3.47. The van der Waals surface area contributed by atoms with Crippen molar-refractivity contribution >= 4 is 23.4 Å². The van der Waals surface area contributed by atoms with E-state index in [-0.39, 0.29) is 11.4 Å². The van der Waals surface area contributed by atoms with Crippen LogP contribution in [0.1, 0.15) is 22.1 Å². The minimum absolute atomic E-state index is 0.00253. The Balaban J connectivity index is 1.46. The summed E-state index contributed by atoms with van der Waals surface area (Å²) in [7, 11) is 1.90. The molecule has 0 aliphatic heterocycles. The van der Waals surface area contributed by atoms with E-state index in [0.29, 0.717) is 23.0 Å². The van der Waals surface area contributed by atoms with Crippen LogP contribution in [0.3, 0.4) is 0 Å². The van der Waals surface area contributed by atoms with E-state index in [9.17, 15) is 9.18 Å². The quantitative estimate of drug-likeness (QED) is 0.485. The monoisotopic (exact) mass is 413 g/mol. The van der Waals surface area contributed by atoms with Gasteiger partial charge in [-0.25, -0.2) is 9.37 Å². The van der Waals surface area contributed by atoms with Crippen molar-refractivity contribution in [2.24, 2.45) is 7.05 Å². The molecule has 1 N–H and O–H groups in total. The smallest absolute Gasteiger partial charge is 0.291 e. The molecule has 0 atom stereocenters. The van der Waals surface area contributed by atoms with Crippen LogP contribution >= 0.6 is 11.8 Å². The molecule has 0 radical (unpaired) electrons. The molecule has 148 valence electrons. The lowest BCUT2D eigenvalue weighted by atomic mass is 10.2. The van der Waals surface area contributed by atoms with Crippen LogP contribution in [0, 0.1) is 12.7 Å². The number of halogens is 1. The summed E-state index contributed by atoms with van der Waals surface area (Å²) in [4.78, 5) is 16.7. The second-order valence-corrected chi connectivity index (χ2v) is 7.07. The Labute approximate surface area is 168 Å². The first kappa shape index (κ1) is 18.9. The van der Waals surface area contributed by atoms with Gasteiger partial charge in [-0.1, -0.05) is 11.8 Å². The van der Waals surface area contributed by atoms with Crippen molar-refractivity contribution in [1.82, 2.24) is 29.8 Å². The molecule has 9 nitrogen and oxygen atoms in total. The minimum atomic E-state index is -0.579. The summed E-state index contributed by atoms with van der Waals surface area (Å²) < 4.78 is 23.1. The van der Waals surface area contributed by atoms with E-state index in [0.717, 1.165) is 5.16 Å². The topological polar surface area (TPSA) is 104 Å². The van der Waals surface area contributed by atoms with Crippen molar-refractivity contribution in [3.05, 3.63) is 65.9 Å². The highest BCUT2D eigenvalue weighted by Gasteiger charge is 2.16. The first-order valence-corrected chi connectivity index (χ1v) is 9.55. The maximum Gasteiger partial charge on any atom is 0.291 e. The lowest BCUT2D eigenvalue weighted by Gasteiger charge is -2.08. The predicted octanol–water partition coefficient (Wildman–Crippen LogP) is 2.98. The molecule has 0 fully saturated rings. The number of aryl methyl sites for hydroxylation is 2. The summed E-state index contributed by atoms with van der Waals surface area (Å²) in [6.45, 7) is 1.72. The zero-order chi connectivity index (χ0) is 20.4. The Morgan fingerprint density at radius 2 is 2.17 bits per heavy atom. The number of imidazole rings is 1. The van der Waals surface area contributed by atoms with E-state index in [1.807, 2.05) is 17.8 Å². The molecule has 0 unspecified atom stereocenters. The van der Waals surface area contributed by atoms with Gasteiger partial charge in [-0.3, -0.25) is 4.79 Å². The standard InChI is InChI=1S/C18H16FN7O2S/c1-11-22-23-24-26(11)12-3-5-14(19)15(9-12)21-17(27)16-6-4-13(28-16)10-29-18-20-7-8-25(18)2/h3-9H,10H2,1-2H3,(H,21,27). The SMILES string of the molecule is Cc1nnnn1-c1ccc(F)c(NC(=O)c2ccc(CSc3nccn3C)o2)c1. The van der Waals surface area contributed by atoms with Crippen LogP contribution in [0.5, 0.6) is 0 Å². The summed E-state index contributed by atoms with van der Waals surface area (Å²) in [6.07, 6.45) is 3.56. The van der Waals surface area contributed by atoms with Gasteiger partial charge in [0.05, 0.1) is 17.1 Å². The predicted molar refractivity (Wildman–Crippen MR) is 103 cm³/mol. The number of carbonyl (C=O) groups is 1. The average molecular weight is 413 g/mol. The van der Waals surface area contributed by atoms with E-state index in [4.69, 9.17) is 4.42 Å². The first-order chi connectivity index (χ1) is 14.0. The number of tetrazole rings is 1. The van der Waals surface area contributed by atoms with Crippen LogP contribution in [-0.4, -0.2) is 35.7 Å². The van der Waals surface area contributed by atoms with Crippen LogP contribution in [-0.2, 0) is 12.8 Å². The number of furan rings is 1. The van der Waals surface area contributed by atoms with Crippen molar-refractivity contribution in [2.75, 3.05) is 5.32 Å². The number of nitrogens with one attached hydrogen (secondary N) is 1. The van der Waals surface area contributed by atoms with E-state index < -0.39 is 11.7 Å². The number of anilines is 1. The number of benzene rings is 1. The van der Waals surface area contributed by atoms with Crippen molar-refractivity contribution in [3.63, 3.8) is 0 Å². The van der Waals surface area contributed by atoms with Gasteiger partial charge in [-0.05, 0) is 47.7 Å². The van der Waals surface area contributed by atoms with Gasteiger partial charge in [-0.2, -0.15) is 4.68 Å². The van der Waals surface area contributed by atoms with E-state index in [1.165, 1.54) is 34.6 Å². The average Bonchev–Trinajstić information content (AvgIpc) is 3.43. The number of hydrogen-bond donors (Lipinski definition) is 1. The molecule has 0 aliphatic rings. The van der Waals surface area contributed by atoms with Gasteiger partial charge in [0.2, 0.25) is 0 Å². The molecule has 3 aromatic heterocycles. The number of hydrogen-bond acceptors (Lipinski definition) is 7. The third-order valence-corrected chi connectivity index (χ3v) is 5.15. The summed E-state index contributed by atoms with van der Waals surface area (Å²) in [5, 5.41) is 14.6. The van der Waals surface area contributed by atoms with E-state index in [1.54, 1.807) is 25.3 Å². The normalized spacial score (nSPS) is 11.0. The molecular formula is C18H16FN7O2S. The molecule has 29 heavy (non-hydrogen) atoms. The molecule has 11 heteroatoms. The molecule has 0 spiro atoms. The van der Waals surface area contributed by atoms with E-state index in [2.05, 4.69) is 25.8 Å². The van der Waals surface area contributed by atoms with Crippen molar-refractivity contribution in [3.8, 4) is 5.69 Å². The summed E-state index contributed by atoms with van der Waals surface area (Å²) >= 11 is 1.48. The fourth-order valence-corrected chi connectivity index (χ4v) is 3.43. The summed E-state index contributed by atoms with van der Waals surface area (Å²) in [5.74, 6) is 0.619. The number of nitrogens with zero attached hydrogens (tertiary/aromatic N) is 6. The molecule has 0 saturated carbocycles. The number of carbonyl (C=O) groups excluding carboxylic acids is 1. The highest BCUT2D eigenvalue weighted by molar-refractivity contribution is 7.98. The molecule has 4 aromatic rings. The molecule has 0 saturated heterocycles. The van der Waals surface area contributed by atoms with Gasteiger partial charge in [0.15, 0.2) is 16.7 Å². The third-order valence-electron chi connectivity index (χ3n) is 4.07. The van der Waals surface area contributed by atoms with Crippen LogP contribution in [0.15, 0.2) is 52.3 Å².